The lowest BCUT2D eigenvalue weighted by Crippen LogP contribution is -2.49. The largest absolute Gasteiger partial charge is 0.464 e. The molecule has 1 fully saturated rings. The molecule has 1 atom stereocenters. The molecule has 0 aliphatic carbocycles. The van der Waals surface area contributed by atoms with Crippen LogP contribution in [0.5, 0.6) is 0 Å². The van der Waals surface area contributed by atoms with E-state index >= 15 is 0 Å². The highest BCUT2D eigenvalue weighted by Crippen LogP contribution is 2.19. The molecule has 5 nitrogen and oxygen atoms in total. The lowest BCUT2D eigenvalue weighted by molar-refractivity contribution is -0.150. The predicted octanol–water partition coefficient (Wildman–Crippen LogP) is 4.68. The lowest BCUT2D eigenvalue weighted by atomic mass is 10.0. The molecule has 0 bridgehead atoms. The van der Waals surface area contributed by atoms with Crippen LogP contribution in [-0.4, -0.2) is 42.8 Å². The summed E-state index contributed by atoms with van der Waals surface area (Å²) in [6.45, 7) is 5.72. The van der Waals surface area contributed by atoms with Gasteiger partial charge < -0.3 is 9.47 Å². The molecule has 0 aromatic rings. The average Bonchev–Trinajstić information content (AvgIpc) is 2.61. The first-order valence-electron chi connectivity index (χ1n) is 9.80. The molecule has 24 heavy (non-hydrogen) atoms. The second kappa shape index (κ2) is 13.1. The fourth-order valence-corrected chi connectivity index (χ4v) is 2.93. The Morgan fingerprint density at radius 3 is 2.29 bits per heavy atom. The van der Waals surface area contributed by atoms with Crippen molar-refractivity contribution in [2.45, 2.75) is 90.5 Å². The summed E-state index contributed by atoms with van der Waals surface area (Å²) in [4.78, 5) is 26.0. The molecule has 1 unspecified atom stereocenters. The van der Waals surface area contributed by atoms with Gasteiger partial charge in [-0.2, -0.15) is 0 Å². The van der Waals surface area contributed by atoms with Gasteiger partial charge in [-0.1, -0.05) is 52.4 Å². The van der Waals surface area contributed by atoms with Crippen molar-refractivity contribution in [3.05, 3.63) is 0 Å². The van der Waals surface area contributed by atoms with Crippen LogP contribution in [0.25, 0.3) is 0 Å². The maximum atomic E-state index is 12.3. The van der Waals surface area contributed by atoms with Crippen LogP contribution in [0.4, 0.5) is 4.79 Å². The van der Waals surface area contributed by atoms with Crippen molar-refractivity contribution in [1.82, 2.24) is 4.90 Å². The van der Waals surface area contributed by atoms with Crippen molar-refractivity contribution in [3.8, 4) is 0 Å². The fraction of sp³-hybridized carbons (Fsp3) is 0.895. The van der Waals surface area contributed by atoms with Crippen molar-refractivity contribution in [3.63, 3.8) is 0 Å². The maximum absolute atomic E-state index is 12.3. The minimum absolute atomic E-state index is 0.268. The summed E-state index contributed by atoms with van der Waals surface area (Å²) in [5.41, 5.74) is 0. The summed E-state index contributed by atoms with van der Waals surface area (Å²) in [6.07, 6.45) is 11.0. The monoisotopic (exact) mass is 341 g/mol. The molecular formula is C19H35NO4. The van der Waals surface area contributed by atoms with E-state index in [-0.39, 0.29) is 12.1 Å². The first-order valence-corrected chi connectivity index (χ1v) is 9.80. The van der Waals surface area contributed by atoms with Gasteiger partial charge in [0.05, 0.1) is 13.2 Å². The van der Waals surface area contributed by atoms with E-state index in [9.17, 15) is 9.59 Å². The molecule has 1 saturated heterocycles. The van der Waals surface area contributed by atoms with Gasteiger partial charge in [-0.15, -0.1) is 0 Å². The van der Waals surface area contributed by atoms with E-state index in [0.29, 0.717) is 26.2 Å². The number of carbonyl (C=O) groups is 2. The summed E-state index contributed by atoms with van der Waals surface area (Å²) in [5, 5.41) is 0. The normalized spacial score (nSPS) is 17.6. The van der Waals surface area contributed by atoms with Gasteiger partial charge in [-0.05, 0) is 32.1 Å². The Balaban J connectivity index is 2.29. The topological polar surface area (TPSA) is 55.8 Å². The van der Waals surface area contributed by atoms with Crippen molar-refractivity contribution in [1.29, 1.82) is 0 Å². The quantitative estimate of drug-likeness (QED) is 0.404. The third-order valence-electron chi connectivity index (χ3n) is 4.48. The van der Waals surface area contributed by atoms with Crippen LogP contribution < -0.4 is 0 Å². The molecule has 0 spiro atoms. The number of unbranched alkanes of at least 4 members (excludes halogenated alkanes) is 6. The van der Waals surface area contributed by atoms with E-state index in [1.807, 2.05) is 0 Å². The Morgan fingerprint density at radius 1 is 0.875 bits per heavy atom. The molecule has 140 valence electrons. The first kappa shape index (κ1) is 20.8. The standard InChI is InChI=1S/C19H35NO4/c1-3-5-7-8-9-12-16-23-18(21)17-13-10-11-14-20(17)19(22)24-15-6-4-2/h17H,3-16H2,1-2H3. The van der Waals surface area contributed by atoms with Crippen molar-refractivity contribution in [2.24, 2.45) is 0 Å². The summed E-state index contributed by atoms with van der Waals surface area (Å²) in [6, 6.07) is -0.465. The van der Waals surface area contributed by atoms with Crippen LogP contribution >= 0.6 is 0 Å². The number of esters is 1. The summed E-state index contributed by atoms with van der Waals surface area (Å²) >= 11 is 0. The Morgan fingerprint density at radius 2 is 1.54 bits per heavy atom. The SMILES string of the molecule is CCCCCCCCOC(=O)C1CCCCN1C(=O)OCCCC. The molecule has 5 heteroatoms. The van der Waals surface area contributed by atoms with Gasteiger partial charge in [0, 0.05) is 6.54 Å². The highest BCUT2D eigenvalue weighted by molar-refractivity contribution is 5.81. The molecule has 1 heterocycles. The zero-order valence-corrected chi connectivity index (χ0v) is 15.6. The van der Waals surface area contributed by atoms with Crippen LogP contribution in [0.1, 0.15) is 84.5 Å². The highest BCUT2D eigenvalue weighted by Gasteiger charge is 2.34. The molecule has 1 amide bonds. The molecule has 0 saturated carbocycles. The van der Waals surface area contributed by atoms with Crippen LogP contribution in [0.3, 0.4) is 0 Å². The van der Waals surface area contributed by atoms with E-state index in [4.69, 9.17) is 9.47 Å². The Labute approximate surface area is 147 Å². The van der Waals surface area contributed by atoms with E-state index in [1.165, 1.54) is 25.7 Å². The number of hydrogen-bond acceptors (Lipinski definition) is 4. The number of rotatable bonds is 11. The molecule has 1 rings (SSSR count). The Hall–Kier alpha value is -1.26. The number of carbonyl (C=O) groups excluding carboxylic acids is 2. The van der Waals surface area contributed by atoms with Gasteiger partial charge in [0.25, 0.3) is 0 Å². The van der Waals surface area contributed by atoms with Gasteiger partial charge in [0.15, 0.2) is 0 Å². The average molecular weight is 341 g/mol. The van der Waals surface area contributed by atoms with E-state index < -0.39 is 6.04 Å². The van der Waals surface area contributed by atoms with Gasteiger partial charge in [-0.25, -0.2) is 9.59 Å². The summed E-state index contributed by atoms with van der Waals surface area (Å²) in [7, 11) is 0. The Bertz CT molecular complexity index is 359. The molecule has 1 aliphatic rings. The van der Waals surface area contributed by atoms with Crippen molar-refractivity contribution in [2.75, 3.05) is 19.8 Å². The molecule has 1 aliphatic heterocycles. The zero-order chi connectivity index (χ0) is 17.6. The number of likely N-dealkylation sites (tertiary alicyclic amines) is 1. The second-order valence-electron chi connectivity index (χ2n) is 6.61. The molecule has 0 aromatic heterocycles. The van der Waals surface area contributed by atoms with E-state index in [1.54, 1.807) is 4.90 Å². The lowest BCUT2D eigenvalue weighted by Gasteiger charge is -2.33. The highest BCUT2D eigenvalue weighted by atomic mass is 16.6. The first-order chi connectivity index (χ1) is 11.7. The third-order valence-corrected chi connectivity index (χ3v) is 4.48. The van der Waals surface area contributed by atoms with Crippen molar-refractivity contribution < 1.29 is 19.1 Å². The second-order valence-corrected chi connectivity index (χ2v) is 6.61. The molecule has 0 radical (unpaired) electrons. The third kappa shape index (κ3) is 8.02. The van der Waals surface area contributed by atoms with Crippen LogP contribution in [0.15, 0.2) is 0 Å². The molecular weight excluding hydrogens is 306 g/mol. The van der Waals surface area contributed by atoms with Gasteiger partial charge >= 0.3 is 12.1 Å². The van der Waals surface area contributed by atoms with Gasteiger partial charge in [0.1, 0.15) is 6.04 Å². The van der Waals surface area contributed by atoms with Gasteiger partial charge in [0.2, 0.25) is 0 Å². The number of nitrogens with zero attached hydrogens (tertiary/aromatic N) is 1. The van der Waals surface area contributed by atoms with Crippen molar-refractivity contribution >= 4 is 12.1 Å². The van der Waals surface area contributed by atoms with E-state index in [0.717, 1.165) is 38.5 Å². The minimum atomic E-state index is -0.465. The fourth-order valence-electron chi connectivity index (χ4n) is 2.93. The number of ether oxygens (including phenoxy) is 2. The minimum Gasteiger partial charge on any atom is -0.464 e. The molecule has 0 N–H and O–H groups in total. The van der Waals surface area contributed by atoms with Crippen LogP contribution in [0.2, 0.25) is 0 Å². The maximum Gasteiger partial charge on any atom is 0.410 e. The summed E-state index contributed by atoms with van der Waals surface area (Å²) < 4.78 is 10.7. The number of amides is 1. The van der Waals surface area contributed by atoms with Gasteiger partial charge in [-0.3, -0.25) is 4.90 Å². The summed E-state index contributed by atoms with van der Waals surface area (Å²) in [5.74, 6) is -0.268. The van der Waals surface area contributed by atoms with Crippen LogP contribution in [0, 0.1) is 0 Å². The smallest absolute Gasteiger partial charge is 0.410 e. The Kier molecular flexibility index (Phi) is 11.3. The predicted molar refractivity (Wildman–Crippen MR) is 94.9 cm³/mol. The van der Waals surface area contributed by atoms with E-state index in [2.05, 4.69) is 13.8 Å². The number of hydrogen-bond donors (Lipinski definition) is 0. The van der Waals surface area contributed by atoms with Crippen LogP contribution in [-0.2, 0) is 14.3 Å². The zero-order valence-electron chi connectivity index (χ0n) is 15.6. The number of piperidine rings is 1. The molecule has 0 aromatic carbocycles.